The zero-order chi connectivity index (χ0) is 19.5. The van der Waals surface area contributed by atoms with Crippen molar-refractivity contribution in [2.75, 3.05) is 20.2 Å². The lowest BCUT2D eigenvalue weighted by molar-refractivity contribution is 0.0715. The molecule has 0 aliphatic carbocycles. The number of piperidine rings is 1. The molecule has 0 unspecified atom stereocenters. The van der Waals surface area contributed by atoms with Crippen molar-refractivity contribution >= 4 is 17.5 Å². The Hall–Kier alpha value is -2.79. The Morgan fingerprint density at radius 1 is 1.04 bits per heavy atom. The van der Waals surface area contributed by atoms with Crippen LogP contribution in [0.2, 0.25) is 5.02 Å². The first-order valence-corrected chi connectivity index (χ1v) is 9.84. The largest absolute Gasteiger partial charge is 0.497 e. The van der Waals surface area contributed by atoms with E-state index in [1.807, 2.05) is 53.4 Å². The van der Waals surface area contributed by atoms with Crippen LogP contribution in [0.4, 0.5) is 0 Å². The van der Waals surface area contributed by atoms with Gasteiger partial charge < -0.3 is 9.64 Å². The molecule has 2 aromatic carbocycles. The predicted molar refractivity (Wildman–Crippen MR) is 110 cm³/mol. The minimum Gasteiger partial charge on any atom is -0.497 e. The van der Waals surface area contributed by atoms with Crippen molar-refractivity contribution in [1.29, 1.82) is 0 Å². The Morgan fingerprint density at radius 2 is 1.75 bits per heavy atom. The van der Waals surface area contributed by atoms with Crippen LogP contribution in [0.3, 0.4) is 0 Å². The fraction of sp³-hybridized carbons (Fsp3) is 0.273. The summed E-state index contributed by atoms with van der Waals surface area (Å²) in [6.07, 6.45) is 3.25. The van der Waals surface area contributed by atoms with Crippen LogP contribution in [-0.4, -0.2) is 40.8 Å². The number of hydrogen-bond donors (Lipinski definition) is 0. The molecule has 5 nitrogen and oxygen atoms in total. The molecule has 1 fully saturated rings. The minimum absolute atomic E-state index is 0.00752. The number of nitrogens with zero attached hydrogens (tertiary/aromatic N) is 3. The van der Waals surface area contributed by atoms with E-state index < -0.39 is 0 Å². The molecule has 2 heterocycles. The van der Waals surface area contributed by atoms with Crippen LogP contribution in [0, 0.1) is 0 Å². The van der Waals surface area contributed by atoms with E-state index in [9.17, 15) is 4.79 Å². The standard InChI is InChI=1S/C22H22ClN3O2/c1-28-17-11-9-16(10-12-17)19-15-21(22(27)25-13-5-2-6-14-25)26(24-19)20-8-4-3-7-18(20)23/h3-4,7-12,15H,2,5-6,13-14H2,1H3. The molecule has 1 saturated heterocycles. The summed E-state index contributed by atoms with van der Waals surface area (Å²) in [5.41, 5.74) is 2.87. The van der Waals surface area contributed by atoms with Crippen molar-refractivity contribution in [3.8, 4) is 22.7 Å². The highest BCUT2D eigenvalue weighted by Gasteiger charge is 2.24. The molecule has 0 atom stereocenters. The van der Waals surface area contributed by atoms with Crippen LogP contribution in [-0.2, 0) is 0 Å². The van der Waals surface area contributed by atoms with Gasteiger partial charge in [-0.25, -0.2) is 4.68 Å². The first kappa shape index (κ1) is 18.6. The highest BCUT2D eigenvalue weighted by Crippen LogP contribution is 2.28. The molecule has 28 heavy (non-hydrogen) atoms. The molecule has 0 saturated carbocycles. The van der Waals surface area contributed by atoms with Gasteiger partial charge >= 0.3 is 0 Å². The van der Waals surface area contributed by atoms with Gasteiger partial charge in [0.25, 0.3) is 5.91 Å². The van der Waals surface area contributed by atoms with Gasteiger partial charge in [-0.3, -0.25) is 4.79 Å². The van der Waals surface area contributed by atoms with Gasteiger partial charge in [-0.15, -0.1) is 0 Å². The van der Waals surface area contributed by atoms with Crippen molar-refractivity contribution in [2.45, 2.75) is 19.3 Å². The van der Waals surface area contributed by atoms with E-state index in [0.29, 0.717) is 16.4 Å². The second-order valence-electron chi connectivity index (χ2n) is 6.86. The van der Waals surface area contributed by atoms with E-state index in [2.05, 4.69) is 0 Å². The summed E-state index contributed by atoms with van der Waals surface area (Å²) in [5, 5.41) is 5.28. The maximum atomic E-state index is 13.3. The number of rotatable bonds is 4. The van der Waals surface area contributed by atoms with Crippen molar-refractivity contribution in [1.82, 2.24) is 14.7 Å². The Labute approximate surface area is 169 Å². The van der Waals surface area contributed by atoms with Gasteiger partial charge in [0.2, 0.25) is 0 Å². The number of para-hydroxylation sites is 1. The van der Waals surface area contributed by atoms with Crippen molar-refractivity contribution < 1.29 is 9.53 Å². The van der Waals surface area contributed by atoms with E-state index in [1.165, 1.54) is 6.42 Å². The third-order valence-corrected chi connectivity index (χ3v) is 5.36. The molecular formula is C22H22ClN3O2. The number of amides is 1. The first-order valence-electron chi connectivity index (χ1n) is 9.46. The molecule has 0 N–H and O–H groups in total. The summed E-state index contributed by atoms with van der Waals surface area (Å²) in [6, 6.07) is 16.9. The van der Waals surface area contributed by atoms with Gasteiger partial charge in [-0.1, -0.05) is 23.7 Å². The fourth-order valence-corrected chi connectivity index (χ4v) is 3.72. The number of carbonyl (C=O) groups is 1. The minimum atomic E-state index is -0.00752. The number of carbonyl (C=O) groups excluding carboxylic acids is 1. The van der Waals surface area contributed by atoms with E-state index >= 15 is 0 Å². The maximum absolute atomic E-state index is 13.3. The lowest BCUT2D eigenvalue weighted by Crippen LogP contribution is -2.36. The lowest BCUT2D eigenvalue weighted by atomic mass is 10.1. The monoisotopic (exact) mass is 395 g/mol. The molecule has 3 aromatic rings. The molecule has 1 amide bonds. The summed E-state index contributed by atoms with van der Waals surface area (Å²) in [7, 11) is 1.64. The molecule has 0 bridgehead atoms. The van der Waals surface area contributed by atoms with E-state index in [1.54, 1.807) is 17.9 Å². The molecule has 0 radical (unpaired) electrons. The summed E-state index contributed by atoms with van der Waals surface area (Å²) >= 11 is 6.41. The average Bonchev–Trinajstić information content (AvgIpc) is 3.19. The maximum Gasteiger partial charge on any atom is 0.272 e. The molecule has 144 valence electrons. The van der Waals surface area contributed by atoms with Gasteiger partial charge in [0.1, 0.15) is 11.4 Å². The van der Waals surface area contributed by atoms with Gasteiger partial charge in [0.05, 0.1) is 23.5 Å². The average molecular weight is 396 g/mol. The molecule has 1 aliphatic rings. The summed E-state index contributed by atoms with van der Waals surface area (Å²) in [6.45, 7) is 1.56. The number of ether oxygens (including phenoxy) is 1. The number of halogens is 1. The molecular weight excluding hydrogens is 374 g/mol. The molecule has 0 spiro atoms. The number of benzene rings is 2. The fourth-order valence-electron chi connectivity index (χ4n) is 3.50. The topological polar surface area (TPSA) is 47.4 Å². The Morgan fingerprint density at radius 3 is 2.43 bits per heavy atom. The van der Waals surface area contributed by atoms with Gasteiger partial charge in [-0.2, -0.15) is 5.10 Å². The molecule has 1 aliphatic heterocycles. The molecule has 6 heteroatoms. The van der Waals surface area contributed by atoms with Gasteiger partial charge in [0, 0.05) is 18.7 Å². The third kappa shape index (κ3) is 3.62. The highest BCUT2D eigenvalue weighted by atomic mass is 35.5. The van der Waals surface area contributed by atoms with E-state index in [4.69, 9.17) is 21.4 Å². The van der Waals surface area contributed by atoms with Gasteiger partial charge in [-0.05, 0) is 61.7 Å². The molecule has 4 rings (SSSR count). The van der Waals surface area contributed by atoms with Crippen molar-refractivity contribution in [3.63, 3.8) is 0 Å². The quantitative estimate of drug-likeness (QED) is 0.635. The van der Waals surface area contributed by atoms with E-state index in [-0.39, 0.29) is 5.91 Å². The SMILES string of the molecule is COc1ccc(-c2cc(C(=O)N3CCCCC3)n(-c3ccccc3Cl)n2)cc1. The van der Waals surface area contributed by atoms with E-state index in [0.717, 1.165) is 42.9 Å². The van der Waals surface area contributed by atoms with Crippen LogP contribution in [0.5, 0.6) is 5.75 Å². The van der Waals surface area contributed by atoms with Crippen molar-refractivity contribution in [3.05, 3.63) is 65.3 Å². The zero-order valence-electron chi connectivity index (χ0n) is 15.8. The first-order chi connectivity index (χ1) is 13.7. The van der Waals surface area contributed by atoms with Crippen LogP contribution in [0.1, 0.15) is 29.8 Å². The van der Waals surface area contributed by atoms with Crippen molar-refractivity contribution in [2.24, 2.45) is 0 Å². The Kier molecular flexibility index (Phi) is 5.35. The summed E-state index contributed by atoms with van der Waals surface area (Å²) < 4.78 is 6.90. The molecule has 1 aromatic heterocycles. The summed E-state index contributed by atoms with van der Waals surface area (Å²) in [4.78, 5) is 15.2. The Bertz CT molecular complexity index is 976. The van der Waals surface area contributed by atoms with Crippen LogP contribution >= 0.6 is 11.6 Å². The van der Waals surface area contributed by atoms with Crippen LogP contribution in [0.15, 0.2) is 54.6 Å². The summed E-state index contributed by atoms with van der Waals surface area (Å²) in [5.74, 6) is 0.769. The zero-order valence-corrected chi connectivity index (χ0v) is 16.5. The number of aromatic nitrogens is 2. The Balaban J connectivity index is 1.79. The number of methoxy groups -OCH3 is 1. The predicted octanol–water partition coefficient (Wildman–Crippen LogP) is 4.83. The van der Waals surface area contributed by atoms with Crippen LogP contribution < -0.4 is 4.74 Å². The second kappa shape index (κ2) is 8.07. The lowest BCUT2D eigenvalue weighted by Gasteiger charge is -2.26. The second-order valence-corrected chi connectivity index (χ2v) is 7.27. The number of hydrogen-bond acceptors (Lipinski definition) is 3. The van der Waals surface area contributed by atoms with Gasteiger partial charge in [0.15, 0.2) is 0 Å². The smallest absolute Gasteiger partial charge is 0.272 e. The highest BCUT2D eigenvalue weighted by molar-refractivity contribution is 6.32. The third-order valence-electron chi connectivity index (χ3n) is 5.04. The number of likely N-dealkylation sites (tertiary alicyclic amines) is 1. The van der Waals surface area contributed by atoms with Crippen LogP contribution in [0.25, 0.3) is 16.9 Å². The normalized spacial score (nSPS) is 14.1.